The van der Waals surface area contributed by atoms with Crippen molar-refractivity contribution in [3.8, 4) is 0 Å². The topological polar surface area (TPSA) is 57.6 Å². The highest BCUT2D eigenvalue weighted by atomic mass is 32.2. The van der Waals surface area contributed by atoms with Crippen LogP contribution in [0, 0.1) is 5.92 Å². The van der Waals surface area contributed by atoms with Gasteiger partial charge < -0.3 is 10.0 Å². The Hall–Kier alpha value is -1.49. The van der Waals surface area contributed by atoms with E-state index in [9.17, 15) is 9.59 Å². The van der Waals surface area contributed by atoms with Crippen molar-refractivity contribution in [2.24, 2.45) is 5.92 Å². The van der Waals surface area contributed by atoms with E-state index in [0.29, 0.717) is 24.6 Å². The number of aliphatic carboxylic acids is 1. The lowest BCUT2D eigenvalue weighted by molar-refractivity contribution is -0.140. The molecule has 1 aromatic rings. The van der Waals surface area contributed by atoms with Crippen LogP contribution >= 0.6 is 11.8 Å². The molecule has 0 spiro atoms. The molecule has 1 unspecified atom stereocenters. The molecule has 23 heavy (non-hydrogen) atoms. The second kappa shape index (κ2) is 8.39. The first kappa shape index (κ1) is 17.9. The van der Waals surface area contributed by atoms with Crippen LogP contribution in [0.15, 0.2) is 24.3 Å². The molecule has 1 aliphatic heterocycles. The molecule has 1 atom stereocenters. The molecule has 0 saturated carbocycles. The van der Waals surface area contributed by atoms with E-state index in [-0.39, 0.29) is 18.4 Å². The molecule has 4 nitrogen and oxygen atoms in total. The molecule has 0 aromatic heterocycles. The van der Waals surface area contributed by atoms with Gasteiger partial charge >= 0.3 is 5.97 Å². The Labute approximate surface area is 142 Å². The third-order valence-electron chi connectivity index (χ3n) is 3.98. The van der Waals surface area contributed by atoms with Crippen LogP contribution in [0.4, 0.5) is 0 Å². The molecule has 1 N–H and O–H groups in total. The predicted octanol–water partition coefficient (Wildman–Crippen LogP) is 2.85. The normalized spacial score (nSPS) is 18.2. The highest BCUT2D eigenvalue weighted by Crippen LogP contribution is 2.20. The number of nitrogens with zero attached hydrogens (tertiary/aromatic N) is 1. The highest BCUT2D eigenvalue weighted by Gasteiger charge is 2.28. The second-order valence-electron chi connectivity index (χ2n) is 6.50. The maximum Gasteiger partial charge on any atom is 0.305 e. The smallest absolute Gasteiger partial charge is 0.305 e. The number of thioether (sulfide) groups is 1. The van der Waals surface area contributed by atoms with Gasteiger partial charge in [0, 0.05) is 18.1 Å². The molecule has 1 aliphatic rings. The van der Waals surface area contributed by atoms with Crippen molar-refractivity contribution in [2.75, 3.05) is 18.1 Å². The van der Waals surface area contributed by atoms with Gasteiger partial charge in [-0.15, -0.1) is 0 Å². The second-order valence-corrected chi connectivity index (χ2v) is 7.65. The molecule has 1 fully saturated rings. The zero-order valence-corrected chi connectivity index (χ0v) is 14.6. The standard InChI is InChI=1S/C18H25NO3S/c1-13(2)9-14-3-5-15(6-4-14)10-17(20)19-7-8-23-12-16(19)11-18(21)22/h3-6,13,16H,7-12H2,1-2H3,(H,21,22). The summed E-state index contributed by atoms with van der Waals surface area (Å²) in [6.45, 7) is 5.02. The van der Waals surface area contributed by atoms with Crippen LogP contribution in [0.25, 0.3) is 0 Å². The Balaban J connectivity index is 1.97. The van der Waals surface area contributed by atoms with Crippen molar-refractivity contribution < 1.29 is 14.7 Å². The van der Waals surface area contributed by atoms with Crippen molar-refractivity contribution >= 4 is 23.6 Å². The van der Waals surface area contributed by atoms with Crippen LogP contribution < -0.4 is 0 Å². The summed E-state index contributed by atoms with van der Waals surface area (Å²) in [7, 11) is 0. The van der Waals surface area contributed by atoms with Crippen molar-refractivity contribution in [3.05, 3.63) is 35.4 Å². The maximum absolute atomic E-state index is 12.5. The van der Waals surface area contributed by atoms with Gasteiger partial charge in [-0.3, -0.25) is 9.59 Å². The van der Waals surface area contributed by atoms with Crippen LogP contribution in [-0.4, -0.2) is 46.0 Å². The Kier molecular flexibility index (Phi) is 6.51. The molecule has 1 heterocycles. The maximum atomic E-state index is 12.5. The molecule has 1 amide bonds. The van der Waals surface area contributed by atoms with Crippen molar-refractivity contribution in [3.63, 3.8) is 0 Å². The van der Waals surface area contributed by atoms with Gasteiger partial charge in [0.15, 0.2) is 0 Å². The Morgan fingerprint density at radius 1 is 1.26 bits per heavy atom. The highest BCUT2D eigenvalue weighted by molar-refractivity contribution is 7.99. The minimum absolute atomic E-state index is 0.0338. The average Bonchev–Trinajstić information content (AvgIpc) is 2.48. The lowest BCUT2D eigenvalue weighted by Gasteiger charge is -2.34. The fraction of sp³-hybridized carbons (Fsp3) is 0.556. The summed E-state index contributed by atoms with van der Waals surface area (Å²) in [5.41, 5.74) is 2.28. The summed E-state index contributed by atoms with van der Waals surface area (Å²) in [4.78, 5) is 25.3. The van der Waals surface area contributed by atoms with Gasteiger partial charge in [0.2, 0.25) is 5.91 Å². The number of carboxylic acids is 1. The first-order valence-corrected chi connectivity index (χ1v) is 9.28. The summed E-state index contributed by atoms with van der Waals surface area (Å²) < 4.78 is 0. The Morgan fingerprint density at radius 2 is 1.91 bits per heavy atom. The van der Waals surface area contributed by atoms with Gasteiger partial charge in [-0.1, -0.05) is 38.1 Å². The molecule has 2 rings (SSSR count). The van der Waals surface area contributed by atoms with Crippen molar-refractivity contribution in [2.45, 2.75) is 39.2 Å². The quantitative estimate of drug-likeness (QED) is 0.868. The van der Waals surface area contributed by atoms with Crippen LogP contribution in [0.5, 0.6) is 0 Å². The van der Waals surface area contributed by atoms with E-state index >= 15 is 0 Å². The molecule has 1 saturated heterocycles. The van der Waals surface area contributed by atoms with E-state index in [1.165, 1.54) is 5.56 Å². The predicted molar refractivity (Wildman–Crippen MR) is 93.8 cm³/mol. The molecule has 1 aromatic carbocycles. The zero-order chi connectivity index (χ0) is 16.8. The summed E-state index contributed by atoms with van der Waals surface area (Å²) in [6.07, 6.45) is 1.42. The molecule has 126 valence electrons. The summed E-state index contributed by atoms with van der Waals surface area (Å²) >= 11 is 1.72. The number of carboxylic acid groups (broad SMARTS) is 1. The largest absolute Gasteiger partial charge is 0.481 e. The third kappa shape index (κ3) is 5.57. The fourth-order valence-electron chi connectivity index (χ4n) is 2.89. The summed E-state index contributed by atoms with van der Waals surface area (Å²) in [5, 5.41) is 9.01. The summed E-state index contributed by atoms with van der Waals surface area (Å²) in [6, 6.07) is 8.02. The third-order valence-corrected chi connectivity index (χ3v) is 5.07. The monoisotopic (exact) mass is 335 g/mol. The Morgan fingerprint density at radius 3 is 2.52 bits per heavy atom. The lowest BCUT2D eigenvalue weighted by Crippen LogP contribution is -2.47. The van der Waals surface area contributed by atoms with E-state index in [1.54, 1.807) is 16.7 Å². The number of hydrogen-bond acceptors (Lipinski definition) is 3. The van der Waals surface area contributed by atoms with Gasteiger partial charge in [0.25, 0.3) is 0 Å². The van der Waals surface area contributed by atoms with Gasteiger partial charge in [0.1, 0.15) is 0 Å². The zero-order valence-electron chi connectivity index (χ0n) is 13.8. The van der Waals surface area contributed by atoms with Crippen LogP contribution in [0.2, 0.25) is 0 Å². The first-order chi connectivity index (χ1) is 11.0. The average molecular weight is 335 g/mol. The number of amides is 1. The molecule has 0 radical (unpaired) electrons. The fourth-order valence-corrected chi connectivity index (χ4v) is 3.96. The van der Waals surface area contributed by atoms with Crippen LogP contribution in [0.3, 0.4) is 0 Å². The molecular weight excluding hydrogens is 310 g/mol. The molecular formula is C18H25NO3S. The molecule has 5 heteroatoms. The van der Waals surface area contributed by atoms with Crippen molar-refractivity contribution in [1.29, 1.82) is 0 Å². The van der Waals surface area contributed by atoms with Gasteiger partial charge in [-0.05, 0) is 23.5 Å². The van der Waals surface area contributed by atoms with Crippen LogP contribution in [-0.2, 0) is 22.4 Å². The van der Waals surface area contributed by atoms with E-state index in [2.05, 4.69) is 26.0 Å². The van der Waals surface area contributed by atoms with Crippen LogP contribution in [0.1, 0.15) is 31.4 Å². The number of carbonyl (C=O) groups excluding carboxylic acids is 1. The van der Waals surface area contributed by atoms with Gasteiger partial charge in [-0.25, -0.2) is 0 Å². The molecule has 0 bridgehead atoms. The van der Waals surface area contributed by atoms with E-state index < -0.39 is 5.97 Å². The summed E-state index contributed by atoms with van der Waals surface area (Å²) in [5.74, 6) is 1.41. The van der Waals surface area contributed by atoms with Crippen molar-refractivity contribution in [1.82, 2.24) is 4.90 Å². The van der Waals surface area contributed by atoms with E-state index in [0.717, 1.165) is 17.7 Å². The van der Waals surface area contributed by atoms with E-state index in [4.69, 9.17) is 5.11 Å². The number of carbonyl (C=O) groups is 2. The number of benzene rings is 1. The first-order valence-electron chi connectivity index (χ1n) is 8.12. The van der Waals surface area contributed by atoms with E-state index in [1.807, 2.05) is 12.1 Å². The minimum atomic E-state index is -0.840. The Bertz CT molecular complexity index is 542. The number of rotatable bonds is 6. The molecule has 0 aliphatic carbocycles. The van der Waals surface area contributed by atoms with Gasteiger partial charge in [-0.2, -0.15) is 11.8 Å². The minimum Gasteiger partial charge on any atom is -0.481 e. The number of hydrogen-bond donors (Lipinski definition) is 1. The lowest BCUT2D eigenvalue weighted by atomic mass is 10.0. The van der Waals surface area contributed by atoms with Gasteiger partial charge in [0.05, 0.1) is 18.9 Å². The SMILES string of the molecule is CC(C)Cc1ccc(CC(=O)N2CCSCC2CC(=O)O)cc1.